The van der Waals surface area contributed by atoms with Crippen molar-refractivity contribution in [3.63, 3.8) is 0 Å². The third kappa shape index (κ3) is 1.98. The molecule has 0 aliphatic carbocycles. The molecule has 1 N–H and O–H groups in total. The molecule has 1 aliphatic rings. The molecule has 0 bridgehead atoms. The number of aromatic nitrogens is 1. The fourth-order valence-corrected chi connectivity index (χ4v) is 2.73. The van der Waals surface area contributed by atoms with Crippen LogP contribution in [0, 0.1) is 16.0 Å². The monoisotopic (exact) mass is 274 g/mol. The van der Waals surface area contributed by atoms with Crippen LogP contribution in [0.4, 0.5) is 5.69 Å². The van der Waals surface area contributed by atoms with Crippen molar-refractivity contribution in [2.24, 2.45) is 5.92 Å². The Morgan fingerprint density at radius 2 is 2.30 bits per heavy atom. The molecule has 3 rings (SSSR count). The largest absolute Gasteiger partial charge is 0.378 e. The number of nitrogens with zero attached hydrogens (tertiary/aromatic N) is 1. The molecule has 1 aromatic heterocycles. The summed E-state index contributed by atoms with van der Waals surface area (Å²) in [6.07, 6.45) is 2.28. The van der Waals surface area contributed by atoms with E-state index in [2.05, 4.69) is 4.98 Å². The van der Waals surface area contributed by atoms with Crippen molar-refractivity contribution in [2.45, 2.75) is 19.4 Å². The zero-order valence-electron chi connectivity index (χ0n) is 11.0. The van der Waals surface area contributed by atoms with Crippen molar-refractivity contribution < 1.29 is 14.5 Å². The standard InChI is InChI=1S/C14H14N2O4/c1-8-5-9(7-20-8)14(17)10-6-15-11-3-2-4-12(13(10)11)16(18)19/h2-4,6,8-9,15H,5,7H2,1H3. The predicted octanol–water partition coefficient (Wildman–Crippen LogP) is 2.68. The number of ether oxygens (including phenoxy) is 1. The molecular formula is C14H14N2O4. The van der Waals surface area contributed by atoms with Gasteiger partial charge in [-0.1, -0.05) is 6.07 Å². The Hall–Kier alpha value is -2.21. The first kappa shape index (κ1) is 12.8. The number of non-ortho nitro benzene ring substituents is 1. The number of nitrogens with one attached hydrogen (secondary N) is 1. The number of H-pyrrole nitrogens is 1. The number of nitro groups is 1. The topological polar surface area (TPSA) is 85.2 Å². The summed E-state index contributed by atoms with van der Waals surface area (Å²) in [7, 11) is 0. The van der Waals surface area contributed by atoms with E-state index in [1.807, 2.05) is 6.92 Å². The molecule has 6 nitrogen and oxygen atoms in total. The summed E-state index contributed by atoms with van der Waals surface area (Å²) in [5.41, 5.74) is 0.948. The van der Waals surface area contributed by atoms with E-state index in [9.17, 15) is 14.9 Å². The Bertz CT molecular complexity index is 692. The molecule has 20 heavy (non-hydrogen) atoms. The molecule has 2 atom stereocenters. The highest BCUT2D eigenvalue weighted by molar-refractivity contribution is 6.11. The number of carbonyl (C=O) groups is 1. The first-order valence-corrected chi connectivity index (χ1v) is 6.48. The third-order valence-corrected chi connectivity index (χ3v) is 3.72. The lowest BCUT2D eigenvalue weighted by molar-refractivity contribution is -0.383. The summed E-state index contributed by atoms with van der Waals surface area (Å²) >= 11 is 0. The minimum atomic E-state index is -0.458. The van der Waals surface area contributed by atoms with Crippen LogP contribution in [0.2, 0.25) is 0 Å². The van der Waals surface area contributed by atoms with Crippen molar-refractivity contribution in [3.05, 3.63) is 40.1 Å². The van der Waals surface area contributed by atoms with Crippen LogP contribution in [-0.2, 0) is 4.74 Å². The highest BCUT2D eigenvalue weighted by Gasteiger charge is 2.31. The Kier molecular flexibility index (Phi) is 3.02. The van der Waals surface area contributed by atoms with E-state index >= 15 is 0 Å². The van der Waals surface area contributed by atoms with Gasteiger partial charge in [0.25, 0.3) is 5.69 Å². The van der Waals surface area contributed by atoms with Crippen LogP contribution in [0.3, 0.4) is 0 Å². The van der Waals surface area contributed by atoms with Gasteiger partial charge in [0, 0.05) is 18.2 Å². The Morgan fingerprint density at radius 3 is 2.95 bits per heavy atom. The van der Waals surface area contributed by atoms with Crippen molar-refractivity contribution in [3.8, 4) is 0 Å². The quantitative estimate of drug-likeness (QED) is 0.529. The fraction of sp³-hybridized carbons (Fsp3) is 0.357. The van der Waals surface area contributed by atoms with E-state index < -0.39 is 4.92 Å². The van der Waals surface area contributed by atoms with E-state index in [4.69, 9.17) is 4.74 Å². The second-order valence-electron chi connectivity index (χ2n) is 5.10. The van der Waals surface area contributed by atoms with Crippen LogP contribution in [-0.4, -0.2) is 28.4 Å². The zero-order chi connectivity index (χ0) is 14.3. The second kappa shape index (κ2) is 4.72. The van der Waals surface area contributed by atoms with Gasteiger partial charge in [-0.15, -0.1) is 0 Å². The lowest BCUT2D eigenvalue weighted by Crippen LogP contribution is -2.14. The molecule has 1 aromatic carbocycles. The van der Waals surface area contributed by atoms with E-state index in [1.54, 1.807) is 18.3 Å². The van der Waals surface area contributed by atoms with Gasteiger partial charge in [0.05, 0.1) is 34.1 Å². The molecule has 2 unspecified atom stereocenters. The summed E-state index contributed by atoms with van der Waals surface area (Å²) in [5, 5.41) is 11.5. The van der Waals surface area contributed by atoms with E-state index in [0.29, 0.717) is 29.5 Å². The van der Waals surface area contributed by atoms with Gasteiger partial charge in [0.2, 0.25) is 0 Å². The average molecular weight is 274 g/mol. The lowest BCUT2D eigenvalue weighted by Gasteiger charge is -2.05. The normalized spacial score (nSPS) is 22.2. The molecule has 0 spiro atoms. The Balaban J connectivity index is 2.08. The number of nitro benzene ring substituents is 1. The van der Waals surface area contributed by atoms with Gasteiger partial charge in [-0.25, -0.2) is 0 Å². The van der Waals surface area contributed by atoms with Crippen molar-refractivity contribution in [1.82, 2.24) is 4.98 Å². The van der Waals surface area contributed by atoms with Crippen LogP contribution >= 0.6 is 0 Å². The second-order valence-corrected chi connectivity index (χ2v) is 5.10. The van der Waals surface area contributed by atoms with Crippen molar-refractivity contribution >= 4 is 22.4 Å². The first-order chi connectivity index (χ1) is 9.58. The average Bonchev–Trinajstić information content (AvgIpc) is 3.03. The molecule has 1 saturated heterocycles. The van der Waals surface area contributed by atoms with E-state index in [1.165, 1.54) is 6.07 Å². The van der Waals surface area contributed by atoms with Gasteiger partial charge < -0.3 is 9.72 Å². The smallest absolute Gasteiger partial charge is 0.279 e. The van der Waals surface area contributed by atoms with Gasteiger partial charge in [-0.3, -0.25) is 14.9 Å². The van der Waals surface area contributed by atoms with Crippen molar-refractivity contribution in [2.75, 3.05) is 6.61 Å². The number of Topliss-reactive ketones (excluding diaryl/α,β-unsaturated/α-hetero) is 1. The molecule has 6 heteroatoms. The third-order valence-electron chi connectivity index (χ3n) is 3.72. The number of hydrogen-bond donors (Lipinski definition) is 1. The van der Waals surface area contributed by atoms with Gasteiger partial charge in [-0.05, 0) is 19.4 Å². The zero-order valence-corrected chi connectivity index (χ0v) is 11.0. The van der Waals surface area contributed by atoms with Gasteiger partial charge >= 0.3 is 0 Å². The summed E-state index contributed by atoms with van der Waals surface area (Å²) < 4.78 is 5.41. The van der Waals surface area contributed by atoms with Crippen LogP contribution in [0.5, 0.6) is 0 Å². The molecule has 0 radical (unpaired) electrons. The maximum absolute atomic E-state index is 12.5. The molecular weight excluding hydrogens is 260 g/mol. The van der Waals surface area contributed by atoms with Gasteiger partial charge in [-0.2, -0.15) is 0 Å². The highest BCUT2D eigenvalue weighted by Crippen LogP contribution is 2.32. The maximum Gasteiger partial charge on any atom is 0.279 e. The van der Waals surface area contributed by atoms with Crippen LogP contribution in [0.15, 0.2) is 24.4 Å². The number of carbonyl (C=O) groups excluding carboxylic acids is 1. The van der Waals surface area contributed by atoms with Gasteiger partial charge in [0.15, 0.2) is 5.78 Å². The molecule has 1 aliphatic heterocycles. The minimum Gasteiger partial charge on any atom is -0.378 e. The Labute approximate surface area is 114 Å². The summed E-state index contributed by atoms with van der Waals surface area (Å²) in [6.45, 7) is 2.30. The number of hydrogen-bond acceptors (Lipinski definition) is 4. The molecule has 0 amide bonds. The Morgan fingerprint density at radius 1 is 1.50 bits per heavy atom. The lowest BCUT2D eigenvalue weighted by atomic mass is 9.94. The summed E-state index contributed by atoms with van der Waals surface area (Å²) in [5.74, 6) is -0.307. The number of aromatic amines is 1. The van der Waals surface area contributed by atoms with E-state index in [-0.39, 0.29) is 23.5 Å². The molecule has 2 heterocycles. The maximum atomic E-state index is 12.5. The van der Waals surface area contributed by atoms with Crippen LogP contribution in [0.1, 0.15) is 23.7 Å². The molecule has 2 aromatic rings. The number of rotatable bonds is 3. The fourth-order valence-electron chi connectivity index (χ4n) is 2.73. The number of ketones is 1. The molecule has 104 valence electrons. The predicted molar refractivity (Wildman–Crippen MR) is 72.8 cm³/mol. The summed E-state index contributed by atoms with van der Waals surface area (Å²) in [6, 6.07) is 4.75. The van der Waals surface area contributed by atoms with E-state index in [0.717, 1.165) is 0 Å². The SMILES string of the molecule is CC1CC(C(=O)c2c[nH]c3cccc([N+](=O)[O-])c23)CO1. The summed E-state index contributed by atoms with van der Waals surface area (Å²) in [4.78, 5) is 26.1. The highest BCUT2D eigenvalue weighted by atomic mass is 16.6. The number of fused-ring (bicyclic) bond motifs is 1. The van der Waals surface area contributed by atoms with Crippen LogP contribution < -0.4 is 0 Å². The molecule has 0 saturated carbocycles. The van der Waals surface area contributed by atoms with Crippen LogP contribution in [0.25, 0.3) is 10.9 Å². The first-order valence-electron chi connectivity index (χ1n) is 6.48. The minimum absolute atomic E-state index is 0.0425. The number of benzene rings is 1. The van der Waals surface area contributed by atoms with Gasteiger partial charge in [0.1, 0.15) is 0 Å². The van der Waals surface area contributed by atoms with Crippen molar-refractivity contribution in [1.29, 1.82) is 0 Å². The molecule has 1 fully saturated rings.